The van der Waals surface area contributed by atoms with Gasteiger partial charge in [-0.05, 0) is 28.1 Å². The lowest BCUT2D eigenvalue weighted by molar-refractivity contribution is -0.117. The Balaban J connectivity index is 2.34. The first-order valence-corrected chi connectivity index (χ1v) is 6.07. The number of hydrogen-bond acceptors (Lipinski definition) is 3. The molecule has 0 bridgehead atoms. The zero-order valence-electron chi connectivity index (χ0n) is 7.65. The van der Waals surface area contributed by atoms with Crippen molar-refractivity contribution < 1.29 is 4.79 Å². The predicted octanol–water partition coefficient (Wildman–Crippen LogP) is 2.53. The SMILES string of the molecule is O=C1CC(S)CN1c1ccc(Cl)nc1Br. The van der Waals surface area contributed by atoms with E-state index in [9.17, 15) is 4.79 Å². The summed E-state index contributed by atoms with van der Waals surface area (Å²) in [7, 11) is 0. The molecule has 2 heterocycles. The zero-order valence-corrected chi connectivity index (χ0v) is 10.9. The van der Waals surface area contributed by atoms with Crippen LogP contribution in [0.4, 0.5) is 5.69 Å². The second kappa shape index (κ2) is 4.31. The van der Waals surface area contributed by atoms with Crippen molar-refractivity contribution in [3.63, 3.8) is 0 Å². The molecule has 6 heteroatoms. The van der Waals surface area contributed by atoms with E-state index in [0.717, 1.165) is 5.69 Å². The molecule has 15 heavy (non-hydrogen) atoms. The number of carbonyl (C=O) groups excluding carboxylic acids is 1. The number of thiol groups is 1. The predicted molar refractivity (Wildman–Crippen MR) is 66.7 cm³/mol. The Kier molecular flexibility index (Phi) is 3.23. The normalized spacial score (nSPS) is 21.1. The van der Waals surface area contributed by atoms with E-state index < -0.39 is 0 Å². The molecular weight excluding hydrogens is 300 g/mol. The Morgan fingerprint density at radius 1 is 1.60 bits per heavy atom. The van der Waals surface area contributed by atoms with Crippen molar-refractivity contribution >= 4 is 51.8 Å². The fraction of sp³-hybridized carbons (Fsp3) is 0.333. The summed E-state index contributed by atoms with van der Waals surface area (Å²) in [5.41, 5.74) is 0.751. The van der Waals surface area contributed by atoms with E-state index in [1.165, 1.54) is 0 Å². The van der Waals surface area contributed by atoms with Gasteiger partial charge in [-0.3, -0.25) is 4.79 Å². The van der Waals surface area contributed by atoms with Crippen LogP contribution in [-0.2, 0) is 4.79 Å². The van der Waals surface area contributed by atoms with E-state index >= 15 is 0 Å². The molecule has 1 unspecified atom stereocenters. The van der Waals surface area contributed by atoms with Crippen LogP contribution in [0.2, 0.25) is 5.15 Å². The molecule has 1 aliphatic heterocycles. The number of nitrogens with zero attached hydrogens (tertiary/aromatic N) is 2. The van der Waals surface area contributed by atoms with Crippen LogP contribution in [0.1, 0.15) is 6.42 Å². The third-order valence-electron chi connectivity index (χ3n) is 2.19. The third-order valence-corrected chi connectivity index (χ3v) is 3.33. The molecule has 2 rings (SSSR count). The molecule has 1 aromatic heterocycles. The van der Waals surface area contributed by atoms with Crippen molar-refractivity contribution in [3.05, 3.63) is 21.9 Å². The van der Waals surface area contributed by atoms with Gasteiger partial charge in [-0.2, -0.15) is 12.6 Å². The molecular formula is C9H8BrClN2OS. The van der Waals surface area contributed by atoms with Crippen molar-refractivity contribution in [2.45, 2.75) is 11.7 Å². The highest BCUT2D eigenvalue weighted by Gasteiger charge is 2.29. The molecule has 1 saturated heterocycles. The Bertz CT molecular complexity index is 415. The largest absolute Gasteiger partial charge is 0.309 e. The summed E-state index contributed by atoms with van der Waals surface area (Å²) in [6.45, 7) is 0.615. The average molecular weight is 308 g/mol. The lowest BCUT2D eigenvalue weighted by Gasteiger charge is -2.16. The lowest BCUT2D eigenvalue weighted by atomic mass is 10.4. The number of aromatic nitrogens is 1. The summed E-state index contributed by atoms with van der Waals surface area (Å²) >= 11 is 13.3. The first kappa shape index (κ1) is 11.2. The second-order valence-corrected chi connectivity index (χ2v) is 5.17. The maximum absolute atomic E-state index is 11.6. The number of hydrogen-bond donors (Lipinski definition) is 1. The highest BCUT2D eigenvalue weighted by molar-refractivity contribution is 9.10. The van der Waals surface area contributed by atoms with E-state index in [-0.39, 0.29) is 11.2 Å². The second-order valence-electron chi connectivity index (χ2n) is 3.31. The van der Waals surface area contributed by atoms with Crippen LogP contribution in [0.5, 0.6) is 0 Å². The number of halogens is 2. The molecule has 80 valence electrons. The summed E-state index contributed by atoms with van der Waals surface area (Å²) < 4.78 is 0.589. The van der Waals surface area contributed by atoms with E-state index in [1.54, 1.807) is 17.0 Å². The number of carbonyl (C=O) groups is 1. The van der Waals surface area contributed by atoms with Crippen molar-refractivity contribution in [2.24, 2.45) is 0 Å². The number of rotatable bonds is 1. The van der Waals surface area contributed by atoms with Crippen LogP contribution < -0.4 is 4.90 Å². The van der Waals surface area contributed by atoms with Gasteiger partial charge in [0.2, 0.25) is 5.91 Å². The smallest absolute Gasteiger partial charge is 0.228 e. The van der Waals surface area contributed by atoms with Crippen LogP contribution in [0, 0.1) is 0 Å². The summed E-state index contributed by atoms with van der Waals surface area (Å²) in [4.78, 5) is 17.3. The Hall–Kier alpha value is -0.260. The molecule has 3 nitrogen and oxygen atoms in total. The van der Waals surface area contributed by atoms with Gasteiger partial charge in [0.25, 0.3) is 0 Å². The van der Waals surface area contributed by atoms with E-state index in [1.807, 2.05) is 0 Å². The van der Waals surface area contributed by atoms with Gasteiger partial charge >= 0.3 is 0 Å². The Morgan fingerprint density at radius 2 is 2.33 bits per heavy atom. The van der Waals surface area contributed by atoms with Crippen molar-refractivity contribution in [2.75, 3.05) is 11.4 Å². The number of anilines is 1. The molecule has 0 aliphatic carbocycles. The molecule has 0 spiro atoms. The summed E-state index contributed by atoms with van der Waals surface area (Å²) in [5.74, 6) is 0.0693. The highest BCUT2D eigenvalue weighted by atomic mass is 79.9. The molecule has 0 radical (unpaired) electrons. The maximum Gasteiger partial charge on any atom is 0.228 e. The number of pyridine rings is 1. The number of amides is 1. The summed E-state index contributed by atoms with van der Waals surface area (Å²) in [6.07, 6.45) is 0.470. The fourth-order valence-corrected chi connectivity index (χ4v) is 2.63. The first-order valence-electron chi connectivity index (χ1n) is 4.38. The standard InChI is InChI=1S/C9H8BrClN2OS/c10-9-6(1-2-7(11)12-9)13-4-5(15)3-8(13)14/h1-2,5,15H,3-4H2. The summed E-state index contributed by atoms with van der Waals surface area (Å²) in [6, 6.07) is 3.45. The maximum atomic E-state index is 11.6. The van der Waals surface area contributed by atoms with Crippen LogP contribution in [0.15, 0.2) is 16.7 Å². The van der Waals surface area contributed by atoms with E-state index in [0.29, 0.717) is 22.7 Å². The fourth-order valence-electron chi connectivity index (χ4n) is 1.53. The van der Waals surface area contributed by atoms with E-state index in [2.05, 4.69) is 33.5 Å². The van der Waals surface area contributed by atoms with Crippen LogP contribution in [0.25, 0.3) is 0 Å². The molecule has 1 aliphatic rings. The Labute approximate surface area is 106 Å². The molecule has 0 aromatic carbocycles. The minimum absolute atomic E-state index is 0.0693. The minimum atomic E-state index is 0.0693. The quantitative estimate of drug-likeness (QED) is 0.639. The van der Waals surface area contributed by atoms with Crippen molar-refractivity contribution in [1.29, 1.82) is 0 Å². The molecule has 0 N–H and O–H groups in total. The topological polar surface area (TPSA) is 33.2 Å². The van der Waals surface area contributed by atoms with Crippen LogP contribution in [0.3, 0.4) is 0 Å². The van der Waals surface area contributed by atoms with Gasteiger partial charge in [0.1, 0.15) is 9.76 Å². The van der Waals surface area contributed by atoms with Gasteiger partial charge in [-0.15, -0.1) is 0 Å². The molecule has 1 fully saturated rings. The van der Waals surface area contributed by atoms with Gasteiger partial charge in [0.05, 0.1) is 5.69 Å². The van der Waals surface area contributed by atoms with E-state index in [4.69, 9.17) is 11.6 Å². The molecule has 1 aromatic rings. The van der Waals surface area contributed by atoms with Gasteiger partial charge in [0.15, 0.2) is 0 Å². The summed E-state index contributed by atoms with van der Waals surface area (Å²) in [5, 5.41) is 0.500. The Morgan fingerprint density at radius 3 is 2.87 bits per heavy atom. The van der Waals surface area contributed by atoms with Gasteiger partial charge < -0.3 is 4.90 Å². The first-order chi connectivity index (χ1) is 7.08. The van der Waals surface area contributed by atoms with Gasteiger partial charge in [0, 0.05) is 18.2 Å². The monoisotopic (exact) mass is 306 g/mol. The van der Waals surface area contributed by atoms with Crippen molar-refractivity contribution in [3.8, 4) is 0 Å². The minimum Gasteiger partial charge on any atom is -0.309 e. The molecule has 0 saturated carbocycles. The molecule has 1 atom stereocenters. The highest BCUT2D eigenvalue weighted by Crippen LogP contribution is 2.30. The zero-order chi connectivity index (χ0) is 11.0. The third kappa shape index (κ3) is 2.29. The van der Waals surface area contributed by atoms with Crippen LogP contribution in [-0.4, -0.2) is 22.7 Å². The average Bonchev–Trinajstić information content (AvgIpc) is 2.45. The van der Waals surface area contributed by atoms with Gasteiger partial charge in [-0.25, -0.2) is 4.98 Å². The molecule has 1 amide bonds. The lowest BCUT2D eigenvalue weighted by Crippen LogP contribution is -2.25. The van der Waals surface area contributed by atoms with Crippen LogP contribution >= 0.6 is 40.2 Å². The van der Waals surface area contributed by atoms with Gasteiger partial charge in [-0.1, -0.05) is 11.6 Å². The van der Waals surface area contributed by atoms with Crippen molar-refractivity contribution in [1.82, 2.24) is 4.98 Å².